The fourth-order valence-electron chi connectivity index (χ4n) is 1.57. The average molecular weight is 281 g/mol. The molecule has 0 aromatic heterocycles. The van der Waals surface area contributed by atoms with Gasteiger partial charge in [0.05, 0.1) is 16.2 Å². The van der Waals surface area contributed by atoms with Crippen molar-refractivity contribution in [2.75, 3.05) is 27.2 Å². The van der Waals surface area contributed by atoms with Crippen molar-refractivity contribution >= 4 is 0 Å². The molecule has 0 aliphatic carbocycles. The first-order valence-corrected chi connectivity index (χ1v) is 5.96. The molecule has 0 radical (unpaired) electrons. The number of nitrogens with zero attached hydrogens (tertiary/aromatic N) is 1. The van der Waals surface area contributed by atoms with Gasteiger partial charge in [-0.3, -0.25) is 0 Å². The van der Waals surface area contributed by atoms with Crippen molar-refractivity contribution in [1.29, 1.82) is 0 Å². The third-order valence-electron chi connectivity index (χ3n) is 2.47. The molecule has 0 bridgehead atoms. The van der Waals surface area contributed by atoms with Gasteiger partial charge in [0.15, 0.2) is 0 Å². The lowest BCUT2D eigenvalue weighted by Gasteiger charge is -2.22. The number of rotatable bonds is 6. The van der Waals surface area contributed by atoms with Crippen LogP contribution in [0.2, 0.25) is 0 Å². The Hall–Kier alpha value is -1.64. The second-order valence-electron chi connectivity index (χ2n) is 4.23. The fraction of sp³-hybridized carbons (Fsp3) is 0.333. The first kappa shape index (κ1) is 5.63. The van der Waals surface area contributed by atoms with Crippen LogP contribution in [0.25, 0.3) is 0 Å². The molecule has 0 heterocycles. The summed E-state index contributed by atoms with van der Waals surface area (Å²) in [5, 5.41) is 0. The summed E-state index contributed by atoms with van der Waals surface area (Å²) in [6.45, 7) is -8.49. The molecule has 106 valence electrons. The molecule has 2 aromatic rings. The summed E-state index contributed by atoms with van der Waals surface area (Å²) in [6.07, 6.45) is -1.81. The molecule has 0 aliphatic heterocycles. The molecule has 0 N–H and O–H groups in total. The van der Waals surface area contributed by atoms with Crippen LogP contribution >= 0.6 is 0 Å². The van der Waals surface area contributed by atoms with Gasteiger partial charge in [-0.25, -0.2) is 0 Å². The quantitative estimate of drug-likeness (QED) is 0.801. The number of benzene rings is 2. The minimum Gasteiger partial charge on any atom is -0.367 e. The smallest absolute Gasteiger partial charge is 0.108 e. The van der Waals surface area contributed by atoms with Crippen LogP contribution in [0.15, 0.2) is 54.5 Å². The summed E-state index contributed by atoms with van der Waals surface area (Å²) in [6, 6.07) is 1.88. The predicted molar refractivity (Wildman–Crippen MR) is 84.0 cm³/mol. The average Bonchev–Trinajstić information content (AvgIpc) is 2.69. The van der Waals surface area contributed by atoms with E-state index in [1.54, 1.807) is 0 Å². The lowest BCUT2D eigenvalue weighted by atomic mass is 9.97. The zero-order valence-corrected chi connectivity index (χ0v) is 11.2. The van der Waals surface area contributed by atoms with Gasteiger partial charge < -0.3 is 9.64 Å². The summed E-state index contributed by atoms with van der Waals surface area (Å²) < 4.78 is 102. The van der Waals surface area contributed by atoms with Gasteiger partial charge in [-0.2, -0.15) is 0 Å². The maximum atomic E-state index is 8.27. The van der Waals surface area contributed by atoms with Crippen molar-refractivity contribution < 1.29 is 21.2 Å². The van der Waals surface area contributed by atoms with Crippen molar-refractivity contribution in [2.45, 2.75) is 13.0 Å². The van der Waals surface area contributed by atoms with Gasteiger partial charge in [0.1, 0.15) is 6.10 Å². The minimum atomic E-state index is -3.08. The van der Waals surface area contributed by atoms with Gasteiger partial charge in [0, 0.05) is 13.4 Å². The van der Waals surface area contributed by atoms with E-state index in [1.807, 2.05) is 0 Å². The Bertz CT molecular complexity index is 973. The van der Waals surface area contributed by atoms with E-state index < -0.39 is 61.8 Å². The van der Waals surface area contributed by atoms with Gasteiger partial charge in [0.2, 0.25) is 0 Å². The summed E-state index contributed by atoms with van der Waals surface area (Å²) in [5.41, 5.74) is -0.936. The SMILES string of the molecule is [2H]c1c([2H])c([2H])c(C(OC([2H])([2H])C([2H])([2H])N(C)C)c2ccccc2C([2H])([2H])[2H])c([2H])c1[2H]. The van der Waals surface area contributed by atoms with Crippen LogP contribution in [0.3, 0.4) is 0 Å². The van der Waals surface area contributed by atoms with E-state index in [9.17, 15) is 0 Å². The van der Waals surface area contributed by atoms with Crippen LogP contribution in [-0.4, -0.2) is 32.1 Å². The third-order valence-corrected chi connectivity index (χ3v) is 2.47. The van der Waals surface area contributed by atoms with E-state index in [0.717, 1.165) is 4.90 Å². The number of likely N-dealkylation sites (N-methyl/N-ethyl adjacent to an activating group) is 1. The van der Waals surface area contributed by atoms with Crippen LogP contribution < -0.4 is 0 Å². The van der Waals surface area contributed by atoms with Gasteiger partial charge in [-0.15, -0.1) is 0 Å². The van der Waals surface area contributed by atoms with Crippen LogP contribution in [0.5, 0.6) is 0 Å². The molecule has 0 amide bonds. The van der Waals surface area contributed by atoms with E-state index >= 15 is 0 Å². The second-order valence-corrected chi connectivity index (χ2v) is 4.23. The molecule has 2 rings (SSSR count). The van der Waals surface area contributed by atoms with Gasteiger partial charge in [-0.05, 0) is 37.6 Å². The fourth-order valence-corrected chi connectivity index (χ4v) is 1.57. The van der Waals surface area contributed by atoms with Crippen LogP contribution in [0.1, 0.15) is 39.2 Å². The third kappa shape index (κ3) is 3.92. The highest BCUT2D eigenvalue weighted by atomic mass is 16.5. The van der Waals surface area contributed by atoms with Crippen LogP contribution in [0.4, 0.5) is 0 Å². The molecular weight excluding hydrogens is 246 g/mol. The molecule has 0 aliphatic rings. The maximum Gasteiger partial charge on any atom is 0.108 e. The highest BCUT2D eigenvalue weighted by molar-refractivity contribution is 5.35. The van der Waals surface area contributed by atoms with Gasteiger partial charge in [-0.1, -0.05) is 54.5 Å². The molecule has 0 saturated carbocycles. The van der Waals surface area contributed by atoms with Crippen molar-refractivity contribution in [1.82, 2.24) is 4.90 Å². The molecule has 2 heteroatoms. The van der Waals surface area contributed by atoms with E-state index in [1.165, 1.54) is 38.4 Å². The molecule has 1 atom stereocenters. The molecule has 2 nitrogen and oxygen atoms in total. The number of aryl methyl sites for hydroxylation is 1. The second kappa shape index (κ2) is 7.22. The lowest BCUT2D eigenvalue weighted by molar-refractivity contribution is 0.0683. The number of hydrogen-bond acceptors (Lipinski definition) is 2. The molecule has 0 saturated heterocycles. The Balaban J connectivity index is 2.90. The van der Waals surface area contributed by atoms with Gasteiger partial charge in [0.25, 0.3) is 0 Å². The molecule has 2 aromatic carbocycles. The normalized spacial score (nSPS) is 23.4. The Morgan fingerprint density at radius 2 is 2.00 bits per heavy atom. The first-order valence-electron chi connectivity index (χ1n) is 12.0. The highest BCUT2D eigenvalue weighted by Crippen LogP contribution is 2.28. The van der Waals surface area contributed by atoms with Crippen molar-refractivity contribution in [3.8, 4) is 0 Å². The lowest BCUT2D eigenvalue weighted by Crippen LogP contribution is -2.20. The predicted octanol–water partition coefficient (Wildman–Crippen LogP) is 3.66. The van der Waals surface area contributed by atoms with E-state index in [-0.39, 0.29) is 11.1 Å². The monoisotopic (exact) mass is 281 g/mol. The molecule has 0 fully saturated rings. The zero-order valence-electron chi connectivity index (χ0n) is 23.2. The zero-order chi connectivity index (χ0) is 24.8. The van der Waals surface area contributed by atoms with Crippen LogP contribution in [0, 0.1) is 6.85 Å². The largest absolute Gasteiger partial charge is 0.367 e. The van der Waals surface area contributed by atoms with E-state index in [4.69, 9.17) is 21.2 Å². The van der Waals surface area contributed by atoms with Crippen LogP contribution in [-0.2, 0) is 4.74 Å². The highest BCUT2D eigenvalue weighted by Gasteiger charge is 2.16. The first-order chi connectivity index (χ1) is 14.4. The topological polar surface area (TPSA) is 12.5 Å². The Labute approximate surface area is 138 Å². The molecule has 0 spiro atoms. The standard InChI is InChI=1S/C18H23NO/c1-15-9-7-8-12-17(15)18(20-14-13-19(2)3)16-10-5-4-6-11-16/h4-12,18H,13-14H2,1-3H3/i1D3,4D,5D,6D,10D,11D,13D2,14D2. The summed E-state index contributed by atoms with van der Waals surface area (Å²) in [5.74, 6) is 0. The molecule has 1 unspecified atom stereocenters. The number of hydrogen-bond donors (Lipinski definition) is 0. The Morgan fingerprint density at radius 1 is 1.25 bits per heavy atom. The van der Waals surface area contributed by atoms with Crippen molar-refractivity contribution in [3.63, 3.8) is 0 Å². The molecule has 20 heavy (non-hydrogen) atoms. The summed E-state index contributed by atoms with van der Waals surface area (Å²) in [7, 11) is 2.55. The maximum absolute atomic E-state index is 8.27. The summed E-state index contributed by atoms with van der Waals surface area (Å²) >= 11 is 0. The van der Waals surface area contributed by atoms with Crippen molar-refractivity contribution in [2.24, 2.45) is 0 Å². The van der Waals surface area contributed by atoms with Gasteiger partial charge >= 0.3 is 0 Å². The Morgan fingerprint density at radius 3 is 2.70 bits per heavy atom. The number of ether oxygens (including phenoxy) is 1. The van der Waals surface area contributed by atoms with E-state index in [0.29, 0.717) is 0 Å². The summed E-state index contributed by atoms with van der Waals surface area (Å²) in [4.78, 5) is 0.918. The minimum absolute atomic E-state index is 0.163. The Kier molecular flexibility index (Phi) is 2.03. The van der Waals surface area contributed by atoms with E-state index in [2.05, 4.69) is 0 Å². The van der Waals surface area contributed by atoms with Crippen molar-refractivity contribution in [3.05, 3.63) is 71.2 Å². The molecular formula is C18H23NO.